The molecule has 4 nitrogen and oxygen atoms in total. The molecule has 0 aliphatic heterocycles. The van der Waals surface area contributed by atoms with Crippen molar-refractivity contribution >= 4 is 7.82 Å². The van der Waals surface area contributed by atoms with Gasteiger partial charge in [-0.25, -0.2) is 4.57 Å². The van der Waals surface area contributed by atoms with Gasteiger partial charge in [-0.3, -0.25) is 4.52 Å². The minimum atomic E-state index is -4.49. The second kappa shape index (κ2) is 6.54. The van der Waals surface area contributed by atoms with Crippen molar-refractivity contribution in [2.45, 2.75) is 19.8 Å². The minimum Gasteiger partial charge on any atom is -0.303 e. The van der Waals surface area contributed by atoms with Crippen LogP contribution < -0.4 is 0 Å². The van der Waals surface area contributed by atoms with Gasteiger partial charge in [0.1, 0.15) is 0 Å². The van der Waals surface area contributed by atoms with Crippen LogP contribution in [0.15, 0.2) is 48.5 Å². The SMILES string of the molecule is Cc1ccccc1C(COP(=O)(O)O)c1ccccc1C. The van der Waals surface area contributed by atoms with Crippen LogP contribution in [-0.2, 0) is 9.09 Å². The van der Waals surface area contributed by atoms with Crippen molar-refractivity contribution in [3.05, 3.63) is 70.8 Å². The van der Waals surface area contributed by atoms with E-state index in [1.807, 2.05) is 62.4 Å². The summed E-state index contributed by atoms with van der Waals surface area (Å²) < 4.78 is 15.8. The van der Waals surface area contributed by atoms with Crippen LogP contribution in [0.2, 0.25) is 0 Å². The molecule has 0 fully saturated rings. The van der Waals surface area contributed by atoms with Crippen molar-refractivity contribution in [3.8, 4) is 0 Å². The summed E-state index contributed by atoms with van der Waals surface area (Å²) in [6.07, 6.45) is 0. The minimum absolute atomic E-state index is 0.0556. The Kier molecular flexibility index (Phi) is 4.96. The van der Waals surface area contributed by atoms with Gasteiger partial charge in [0.15, 0.2) is 0 Å². The van der Waals surface area contributed by atoms with E-state index in [9.17, 15) is 4.57 Å². The molecule has 0 heterocycles. The van der Waals surface area contributed by atoms with Crippen LogP contribution in [0.1, 0.15) is 28.2 Å². The summed E-state index contributed by atoms with van der Waals surface area (Å²) in [6, 6.07) is 15.6. The molecule has 0 radical (unpaired) electrons. The number of phosphoric acid groups is 1. The van der Waals surface area contributed by atoms with Crippen LogP contribution in [0.25, 0.3) is 0 Å². The highest BCUT2D eigenvalue weighted by molar-refractivity contribution is 7.46. The number of hydrogen-bond donors (Lipinski definition) is 2. The van der Waals surface area contributed by atoms with Gasteiger partial charge in [0, 0.05) is 5.92 Å². The second-order valence-corrected chi connectivity index (χ2v) is 6.29. The molecule has 0 aliphatic rings. The standard InChI is InChI=1S/C16H19O4P/c1-12-7-3-5-9-14(12)16(11-20-21(17,18)19)15-10-6-4-8-13(15)2/h3-10,16H,11H2,1-2H3,(H2,17,18,19). The molecule has 0 aromatic heterocycles. The van der Waals surface area contributed by atoms with Gasteiger partial charge in [-0.2, -0.15) is 0 Å². The van der Waals surface area contributed by atoms with Gasteiger partial charge >= 0.3 is 7.82 Å². The maximum atomic E-state index is 11.0. The summed E-state index contributed by atoms with van der Waals surface area (Å²) in [6.45, 7) is 3.91. The fourth-order valence-electron chi connectivity index (χ4n) is 2.47. The van der Waals surface area contributed by atoms with Gasteiger partial charge in [-0.15, -0.1) is 0 Å². The number of phosphoric ester groups is 1. The van der Waals surface area contributed by atoms with Gasteiger partial charge in [0.05, 0.1) is 6.61 Å². The normalized spacial score (nSPS) is 11.9. The molecule has 2 aromatic carbocycles. The maximum absolute atomic E-state index is 11.0. The summed E-state index contributed by atoms with van der Waals surface area (Å²) in [5, 5.41) is 0. The summed E-state index contributed by atoms with van der Waals surface area (Å²) >= 11 is 0. The van der Waals surface area contributed by atoms with E-state index in [0.29, 0.717) is 0 Å². The number of benzene rings is 2. The molecule has 5 heteroatoms. The third-order valence-corrected chi connectivity index (χ3v) is 4.02. The Morgan fingerprint density at radius 3 is 1.76 bits per heavy atom. The third-order valence-electron chi connectivity index (χ3n) is 3.54. The van der Waals surface area contributed by atoms with Crippen LogP contribution in [-0.4, -0.2) is 16.4 Å². The van der Waals surface area contributed by atoms with E-state index in [1.54, 1.807) is 0 Å². The van der Waals surface area contributed by atoms with Crippen molar-refractivity contribution in [2.75, 3.05) is 6.61 Å². The predicted octanol–water partition coefficient (Wildman–Crippen LogP) is 3.54. The Balaban J connectivity index is 2.43. The predicted molar refractivity (Wildman–Crippen MR) is 82.2 cm³/mol. The lowest BCUT2D eigenvalue weighted by Crippen LogP contribution is -2.11. The third kappa shape index (κ3) is 4.26. The fraction of sp³-hybridized carbons (Fsp3) is 0.250. The van der Waals surface area contributed by atoms with Crippen LogP contribution in [0.3, 0.4) is 0 Å². The largest absolute Gasteiger partial charge is 0.469 e. The molecule has 0 amide bonds. The Hall–Kier alpha value is -1.45. The highest BCUT2D eigenvalue weighted by Crippen LogP contribution is 2.39. The van der Waals surface area contributed by atoms with Crippen molar-refractivity contribution in [1.29, 1.82) is 0 Å². The van der Waals surface area contributed by atoms with Crippen molar-refractivity contribution < 1.29 is 18.9 Å². The highest BCUT2D eigenvalue weighted by Gasteiger charge is 2.23. The smallest absolute Gasteiger partial charge is 0.303 e. The van der Waals surface area contributed by atoms with E-state index < -0.39 is 7.82 Å². The summed E-state index contributed by atoms with van der Waals surface area (Å²) in [5.41, 5.74) is 4.17. The molecular weight excluding hydrogens is 287 g/mol. The molecule has 0 atom stereocenters. The van der Waals surface area contributed by atoms with Crippen molar-refractivity contribution in [2.24, 2.45) is 0 Å². The number of aryl methyl sites for hydroxylation is 2. The lowest BCUT2D eigenvalue weighted by atomic mass is 9.87. The van der Waals surface area contributed by atoms with Crippen molar-refractivity contribution in [3.63, 3.8) is 0 Å². The fourth-order valence-corrected chi connectivity index (χ4v) is 2.82. The van der Waals surface area contributed by atoms with Crippen LogP contribution in [0.4, 0.5) is 0 Å². The summed E-state index contributed by atoms with van der Waals surface area (Å²) in [7, 11) is -4.49. The monoisotopic (exact) mass is 306 g/mol. The highest BCUT2D eigenvalue weighted by atomic mass is 31.2. The quantitative estimate of drug-likeness (QED) is 0.829. The molecule has 0 aliphatic carbocycles. The average Bonchev–Trinajstić information content (AvgIpc) is 2.41. The number of hydrogen-bond acceptors (Lipinski definition) is 2. The molecule has 2 N–H and O–H groups in total. The van der Waals surface area contributed by atoms with E-state index in [1.165, 1.54) is 0 Å². The molecule has 0 saturated carbocycles. The zero-order chi connectivity index (χ0) is 15.5. The zero-order valence-corrected chi connectivity index (χ0v) is 13.0. The van der Waals surface area contributed by atoms with Crippen molar-refractivity contribution in [1.82, 2.24) is 0 Å². The van der Waals surface area contributed by atoms with Gasteiger partial charge in [-0.1, -0.05) is 48.5 Å². The molecule has 0 saturated heterocycles. The second-order valence-electron chi connectivity index (χ2n) is 5.05. The first kappa shape index (κ1) is 15.9. The van der Waals surface area contributed by atoms with E-state index in [-0.39, 0.29) is 12.5 Å². The van der Waals surface area contributed by atoms with Crippen LogP contribution in [0.5, 0.6) is 0 Å². The first-order valence-corrected chi connectivity index (χ1v) is 8.22. The first-order chi connectivity index (χ1) is 9.88. The van der Waals surface area contributed by atoms with Gasteiger partial charge in [0.25, 0.3) is 0 Å². The molecular formula is C16H19O4P. The Bertz CT molecular complexity index is 617. The van der Waals surface area contributed by atoms with E-state index in [4.69, 9.17) is 14.3 Å². The Labute approximate surface area is 124 Å². The van der Waals surface area contributed by atoms with Crippen LogP contribution >= 0.6 is 7.82 Å². The van der Waals surface area contributed by atoms with Gasteiger partial charge in [0.2, 0.25) is 0 Å². The molecule has 112 valence electrons. The summed E-state index contributed by atoms with van der Waals surface area (Å²) in [5.74, 6) is -0.208. The molecule has 0 unspecified atom stereocenters. The molecule has 2 aromatic rings. The van der Waals surface area contributed by atoms with Crippen LogP contribution in [0, 0.1) is 13.8 Å². The van der Waals surface area contributed by atoms with E-state index >= 15 is 0 Å². The van der Waals surface area contributed by atoms with Gasteiger partial charge in [-0.05, 0) is 36.1 Å². The number of rotatable bonds is 5. The molecule has 21 heavy (non-hydrogen) atoms. The topological polar surface area (TPSA) is 66.8 Å². The molecule has 2 rings (SSSR count). The Morgan fingerprint density at radius 2 is 1.38 bits per heavy atom. The van der Waals surface area contributed by atoms with Gasteiger partial charge < -0.3 is 9.79 Å². The maximum Gasteiger partial charge on any atom is 0.469 e. The Morgan fingerprint density at radius 1 is 0.952 bits per heavy atom. The lowest BCUT2D eigenvalue weighted by Gasteiger charge is -2.22. The molecule has 0 bridgehead atoms. The first-order valence-electron chi connectivity index (χ1n) is 6.69. The summed E-state index contributed by atoms with van der Waals surface area (Å²) in [4.78, 5) is 18.0. The molecule has 0 spiro atoms. The van der Waals surface area contributed by atoms with E-state index in [0.717, 1.165) is 22.3 Å². The van der Waals surface area contributed by atoms with E-state index in [2.05, 4.69) is 0 Å². The average molecular weight is 306 g/mol. The lowest BCUT2D eigenvalue weighted by molar-refractivity contribution is 0.191. The zero-order valence-electron chi connectivity index (χ0n) is 12.1.